The fourth-order valence-corrected chi connectivity index (χ4v) is 4.66. The fourth-order valence-electron chi connectivity index (χ4n) is 3.69. The van der Waals surface area contributed by atoms with Gasteiger partial charge in [-0.15, -0.1) is 11.3 Å². The van der Waals surface area contributed by atoms with Gasteiger partial charge in [-0.25, -0.2) is 9.97 Å². The van der Waals surface area contributed by atoms with Crippen molar-refractivity contribution in [3.63, 3.8) is 0 Å². The molecule has 2 aromatic heterocycles. The van der Waals surface area contributed by atoms with Crippen LogP contribution in [-0.2, 0) is 6.42 Å². The quantitative estimate of drug-likeness (QED) is 0.753. The lowest BCUT2D eigenvalue weighted by Crippen LogP contribution is -2.38. The number of aromatic amines is 1. The number of imidazole rings is 1. The van der Waals surface area contributed by atoms with E-state index >= 15 is 0 Å². The summed E-state index contributed by atoms with van der Waals surface area (Å²) in [5.74, 6) is 1.59. The molecule has 4 rings (SSSR count). The average molecular weight is 369 g/mol. The Morgan fingerprint density at radius 1 is 1.27 bits per heavy atom. The van der Waals surface area contributed by atoms with Crippen LogP contribution in [0.3, 0.4) is 0 Å². The summed E-state index contributed by atoms with van der Waals surface area (Å²) >= 11 is 1.54. The number of thiazole rings is 1. The molecule has 1 aromatic carbocycles. The Balaban J connectivity index is 1.47. The average Bonchev–Trinajstić information content (AvgIpc) is 3.25. The van der Waals surface area contributed by atoms with E-state index < -0.39 is 0 Å². The number of carbonyl (C=O) groups is 1. The van der Waals surface area contributed by atoms with Gasteiger partial charge in [0.15, 0.2) is 0 Å². The lowest BCUT2D eigenvalue weighted by molar-refractivity contribution is 0.0715. The van der Waals surface area contributed by atoms with Gasteiger partial charge in [0.1, 0.15) is 10.7 Å². The molecule has 5 nitrogen and oxygen atoms in total. The van der Waals surface area contributed by atoms with Crippen LogP contribution in [0.4, 0.5) is 0 Å². The number of amides is 1. The molecule has 3 aromatic rings. The number of nitrogens with one attached hydrogen (secondary N) is 1. The van der Waals surface area contributed by atoms with Gasteiger partial charge in [-0.2, -0.15) is 0 Å². The number of hydrogen-bond acceptors (Lipinski definition) is 4. The van der Waals surface area contributed by atoms with Crippen LogP contribution in [0.1, 0.15) is 57.4 Å². The molecule has 1 aliphatic heterocycles. The number of aromatic nitrogens is 3. The smallest absolute Gasteiger partial charge is 0.265 e. The van der Waals surface area contributed by atoms with E-state index in [1.54, 1.807) is 11.3 Å². The van der Waals surface area contributed by atoms with E-state index in [1.165, 1.54) is 5.56 Å². The lowest BCUT2D eigenvalue weighted by Gasteiger charge is -2.31. The molecule has 1 aliphatic rings. The first-order chi connectivity index (χ1) is 12.6. The molecular weight excluding hydrogens is 344 g/mol. The minimum atomic E-state index is 0.138. The number of hydrogen-bond donors (Lipinski definition) is 1. The van der Waals surface area contributed by atoms with E-state index in [2.05, 4.69) is 42.0 Å². The van der Waals surface area contributed by atoms with Crippen LogP contribution in [0.2, 0.25) is 0 Å². The topological polar surface area (TPSA) is 61.9 Å². The molecule has 0 radical (unpaired) electrons. The highest BCUT2D eigenvalue weighted by Crippen LogP contribution is 2.30. The SMILES string of the molecule is CCc1nc(C)c(C(=O)N2CCC(c3nc4c(C)cccc4[nH]3)CC2)s1. The van der Waals surface area contributed by atoms with Crippen molar-refractivity contribution in [2.75, 3.05) is 13.1 Å². The summed E-state index contributed by atoms with van der Waals surface area (Å²) in [6.45, 7) is 7.66. The molecule has 1 N–H and O–H groups in total. The molecular formula is C20H24N4OS. The van der Waals surface area contributed by atoms with E-state index in [-0.39, 0.29) is 5.91 Å². The van der Waals surface area contributed by atoms with Gasteiger partial charge < -0.3 is 9.88 Å². The van der Waals surface area contributed by atoms with E-state index in [9.17, 15) is 4.79 Å². The van der Waals surface area contributed by atoms with Gasteiger partial charge in [-0.05, 0) is 44.7 Å². The first-order valence-corrected chi connectivity index (χ1v) is 10.1. The second-order valence-electron chi connectivity index (χ2n) is 7.04. The van der Waals surface area contributed by atoms with Crippen LogP contribution < -0.4 is 0 Å². The Labute approximate surface area is 157 Å². The van der Waals surface area contributed by atoms with Gasteiger partial charge in [0, 0.05) is 19.0 Å². The molecule has 1 fully saturated rings. The van der Waals surface area contributed by atoms with Crippen LogP contribution in [0.15, 0.2) is 18.2 Å². The van der Waals surface area contributed by atoms with E-state index in [1.807, 2.05) is 11.8 Å². The van der Waals surface area contributed by atoms with Crippen LogP contribution in [0.5, 0.6) is 0 Å². The maximum Gasteiger partial charge on any atom is 0.265 e. The zero-order valence-corrected chi connectivity index (χ0v) is 16.3. The number of piperidine rings is 1. The number of rotatable bonds is 3. The molecule has 0 atom stereocenters. The van der Waals surface area contributed by atoms with Gasteiger partial charge in [0.05, 0.1) is 21.7 Å². The van der Waals surface area contributed by atoms with Crippen molar-refractivity contribution in [3.8, 4) is 0 Å². The minimum Gasteiger partial charge on any atom is -0.342 e. The van der Waals surface area contributed by atoms with Crippen molar-refractivity contribution in [3.05, 3.63) is 45.2 Å². The molecule has 0 aliphatic carbocycles. The van der Waals surface area contributed by atoms with Crippen LogP contribution in [-0.4, -0.2) is 38.8 Å². The van der Waals surface area contributed by atoms with Gasteiger partial charge in [0.2, 0.25) is 0 Å². The number of carbonyl (C=O) groups excluding carboxylic acids is 1. The predicted octanol–water partition coefficient (Wildman–Crippen LogP) is 4.22. The summed E-state index contributed by atoms with van der Waals surface area (Å²) in [6.07, 6.45) is 2.78. The monoisotopic (exact) mass is 368 g/mol. The molecule has 0 unspecified atom stereocenters. The summed E-state index contributed by atoms with van der Waals surface area (Å²) in [5.41, 5.74) is 4.23. The first kappa shape index (κ1) is 17.2. The first-order valence-electron chi connectivity index (χ1n) is 9.27. The number of fused-ring (bicyclic) bond motifs is 1. The predicted molar refractivity (Wildman–Crippen MR) is 105 cm³/mol. The van der Waals surface area contributed by atoms with Gasteiger partial charge in [-0.1, -0.05) is 19.1 Å². The third kappa shape index (κ3) is 3.03. The van der Waals surface area contributed by atoms with E-state index in [0.29, 0.717) is 5.92 Å². The Kier molecular flexibility index (Phi) is 4.53. The van der Waals surface area contributed by atoms with Gasteiger partial charge in [0.25, 0.3) is 5.91 Å². The third-order valence-corrected chi connectivity index (χ3v) is 6.53. The van der Waals surface area contributed by atoms with Crippen LogP contribution in [0, 0.1) is 13.8 Å². The molecule has 0 saturated carbocycles. The fraction of sp³-hybridized carbons (Fsp3) is 0.450. The molecule has 0 spiro atoms. The summed E-state index contributed by atoms with van der Waals surface area (Å²) in [7, 11) is 0. The highest BCUT2D eigenvalue weighted by atomic mass is 32.1. The highest BCUT2D eigenvalue weighted by Gasteiger charge is 2.28. The van der Waals surface area contributed by atoms with Crippen molar-refractivity contribution in [2.24, 2.45) is 0 Å². The number of nitrogens with zero attached hydrogens (tertiary/aromatic N) is 3. The number of likely N-dealkylation sites (tertiary alicyclic amines) is 1. The highest BCUT2D eigenvalue weighted by molar-refractivity contribution is 7.13. The Morgan fingerprint density at radius 3 is 2.69 bits per heavy atom. The van der Waals surface area contributed by atoms with Crippen molar-refractivity contribution < 1.29 is 4.79 Å². The third-order valence-electron chi connectivity index (χ3n) is 5.24. The largest absolute Gasteiger partial charge is 0.342 e. The Morgan fingerprint density at radius 2 is 2.04 bits per heavy atom. The number of aryl methyl sites for hydroxylation is 3. The number of para-hydroxylation sites is 1. The molecule has 1 saturated heterocycles. The molecule has 0 bridgehead atoms. The standard InChI is InChI=1S/C20H24N4OS/c1-4-16-21-13(3)18(26-16)20(25)24-10-8-14(9-11-24)19-22-15-7-5-6-12(2)17(15)23-19/h5-7,14H,4,8-11H2,1-3H3,(H,22,23). The summed E-state index contributed by atoms with van der Waals surface area (Å²) in [4.78, 5) is 28.4. The Bertz CT molecular complexity index is 950. The molecule has 1 amide bonds. The lowest BCUT2D eigenvalue weighted by atomic mass is 9.96. The van der Waals surface area contributed by atoms with Crippen molar-refractivity contribution in [1.82, 2.24) is 19.9 Å². The summed E-state index contributed by atoms with van der Waals surface area (Å²) in [6, 6.07) is 6.23. The maximum atomic E-state index is 12.9. The zero-order chi connectivity index (χ0) is 18.3. The number of H-pyrrole nitrogens is 1. The van der Waals surface area contributed by atoms with Crippen molar-refractivity contribution in [1.29, 1.82) is 0 Å². The van der Waals surface area contributed by atoms with Crippen LogP contribution >= 0.6 is 11.3 Å². The van der Waals surface area contributed by atoms with Gasteiger partial charge in [-0.3, -0.25) is 4.79 Å². The van der Waals surface area contributed by atoms with Crippen molar-refractivity contribution >= 4 is 28.3 Å². The number of benzene rings is 1. The molecule has 6 heteroatoms. The van der Waals surface area contributed by atoms with Crippen molar-refractivity contribution in [2.45, 2.75) is 46.0 Å². The maximum absolute atomic E-state index is 12.9. The zero-order valence-electron chi connectivity index (χ0n) is 15.5. The van der Waals surface area contributed by atoms with Gasteiger partial charge >= 0.3 is 0 Å². The van der Waals surface area contributed by atoms with E-state index in [4.69, 9.17) is 4.98 Å². The summed E-state index contributed by atoms with van der Waals surface area (Å²) < 4.78 is 0. The molecule has 26 heavy (non-hydrogen) atoms. The second-order valence-corrected chi connectivity index (χ2v) is 8.12. The molecule has 3 heterocycles. The minimum absolute atomic E-state index is 0.138. The van der Waals surface area contributed by atoms with E-state index in [0.717, 1.165) is 64.8 Å². The Hall–Kier alpha value is -2.21. The molecule has 136 valence electrons. The second kappa shape index (κ2) is 6.83. The van der Waals surface area contributed by atoms with Crippen LogP contribution in [0.25, 0.3) is 11.0 Å². The normalized spacial score (nSPS) is 15.7. The summed E-state index contributed by atoms with van der Waals surface area (Å²) in [5, 5.41) is 1.04.